The molecule has 4 heteroatoms. The fourth-order valence-corrected chi connectivity index (χ4v) is 2.71. The van der Waals surface area contributed by atoms with Gasteiger partial charge in [0.25, 0.3) is 0 Å². The number of hydrogen-bond acceptors (Lipinski definition) is 3. The lowest BCUT2D eigenvalue weighted by molar-refractivity contribution is 0.405. The van der Waals surface area contributed by atoms with E-state index in [9.17, 15) is 0 Å². The minimum absolute atomic E-state index is 0.654. The van der Waals surface area contributed by atoms with Crippen molar-refractivity contribution < 1.29 is 4.74 Å². The Labute approximate surface area is 110 Å². The lowest BCUT2D eigenvalue weighted by atomic mass is 10.3. The number of rotatable bonds is 3. The highest BCUT2D eigenvalue weighted by molar-refractivity contribution is 7.99. The van der Waals surface area contributed by atoms with Gasteiger partial charge in [-0.1, -0.05) is 41.6 Å². The summed E-state index contributed by atoms with van der Waals surface area (Å²) in [6.45, 7) is 0. The van der Waals surface area contributed by atoms with Gasteiger partial charge in [-0.2, -0.15) is 0 Å². The molecule has 0 aliphatic heterocycles. The average molecular weight is 266 g/mol. The van der Waals surface area contributed by atoms with Crippen LogP contribution in [0.5, 0.6) is 5.75 Å². The molecular formula is C13H12ClNOS. The van der Waals surface area contributed by atoms with Crippen LogP contribution >= 0.6 is 23.4 Å². The molecule has 2 aromatic carbocycles. The quantitative estimate of drug-likeness (QED) is 0.850. The summed E-state index contributed by atoms with van der Waals surface area (Å²) in [6, 6.07) is 13.3. The standard InChI is InChI=1S/C13H12ClNOS/c1-16-11-7-2-3-8-12(11)17-13-9(14)5-4-6-10(13)15/h2-8H,15H2,1H3. The third-order valence-corrected chi connectivity index (χ3v) is 3.92. The highest BCUT2D eigenvalue weighted by atomic mass is 35.5. The Hall–Kier alpha value is -1.32. The Morgan fingerprint density at radius 2 is 1.88 bits per heavy atom. The zero-order valence-electron chi connectivity index (χ0n) is 9.31. The van der Waals surface area contributed by atoms with Gasteiger partial charge >= 0.3 is 0 Å². The summed E-state index contributed by atoms with van der Waals surface area (Å²) in [7, 11) is 1.65. The molecule has 0 aliphatic rings. The van der Waals surface area contributed by atoms with Crippen LogP contribution in [0.4, 0.5) is 5.69 Å². The Balaban J connectivity index is 2.38. The second-order valence-corrected chi connectivity index (χ2v) is 4.87. The molecule has 0 atom stereocenters. The van der Waals surface area contributed by atoms with Crippen LogP contribution in [0.15, 0.2) is 52.3 Å². The summed E-state index contributed by atoms with van der Waals surface area (Å²) in [5.74, 6) is 0.816. The molecule has 0 heterocycles. The maximum Gasteiger partial charge on any atom is 0.132 e. The lowest BCUT2D eigenvalue weighted by Gasteiger charge is -2.10. The molecule has 0 aliphatic carbocycles. The topological polar surface area (TPSA) is 35.2 Å². The largest absolute Gasteiger partial charge is 0.496 e. The van der Waals surface area contributed by atoms with Gasteiger partial charge in [-0.3, -0.25) is 0 Å². The molecule has 0 saturated heterocycles. The first-order chi connectivity index (χ1) is 8.22. The van der Waals surface area contributed by atoms with Crippen molar-refractivity contribution in [1.29, 1.82) is 0 Å². The number of benzene rings is 2. The summed E-state index contributed by atoms with van der Waals surface area (Å²) >= 11 is 7.64. The van der Waals surface area contributed by atoms with Crippen molar-refractivity contribution in [3.05, 3.63) is 47.5 Å². The molecule has 0 spiro atoms. The molecule has 0 fully saturated rings. The predicted molar refractivity (Wildman–Crippen MR) is 73.0 cm³/mol. The highest BCUT2D eigenvalue weighted by Crippen LogP contribution is 2.40. The van der Waals surface area contributed by atoms with E-state index in [1.807, 2.05) is 42.5 Å². The normalized spacial score (nSPS) is 10.2. The van der Waals surface area contributed by atoms with Gasteiger partial charge in [-0.05, 0) is 24.3 Å². The molecule has 88 valence electrons. The van der Waals surface area contributed by atoms with Gasteiger partial charge in [-0.15, -0.1) is 0 Å². The van der Waals surface area contributed by atoms with E-state index < -0.39 is 0 Å². The second kappa shape index (κ2) is 5.34. The first-order valence-corrected chi connectivity index (χ1v) is 6.26. The smallest absolute Gasteiger partial charge is 0.132 e. The van der Waals surface area contributed by atoms with E-state index >= 15 is 0 Å². The molecule has 2 rings (SSSR count). The third-order valence-electron chi connectivity index (χ3n) is 2.28. The highest BCUT2D eigenvalue weighted by Gasteiger charge is 2.09. The van der Waals surface area contributed by atoms with Crippen molar-refractivity contribution in [3.63, 3.8) is 0 Å². The summed E-state index contributed by atoms with van der Waals surface area (Å²) < 4.78 is 5.29. The van der Waals surface area contributed by atoms with Gasteiger partial charge in [0.1, 0.15) is 5.75 Å². The van der Waals surface area contributed by atoms with Crippen LogP contribution in [0.1, 0.15) is 0 Å². The Bertz CT molecular complexity index is 510. The Morgan fingerprint density at radius 3 is 2.59 bits per heavy atom. The van der Waals surface area contributed by atoms with E-state index in [0.717, 1.165) is 15.5 Å². The van der Waals surface area contributed by atoms with Crippen LogP contribution in [-0.4, -0.2) is 7.11 Å². The molecule has 0 aromatic heterocycles. The number of halogens is 1. The second-order valence-electron chi connectivity index (χ2n) is 3.41. The van der Waals surface area contributed by atoms with Crippen LogP contribution in [0.3, 0.4) is 0 Å². The molecule has 0 radical (unpaired) electrons. The summed E-state index contributed by atoms with van der Waals surface area (Å²) in [5, 5.41) is 0.654. The van der Waals surface area contributed by atoms with Crippen molar-refractivity contribution in [2.45, 2.75) is 9.79 Å². The fraction of sp³-hybridized carbons (Fsp3) is 0.0769. The monoisotopic (exact) mass is 265 g/mol. The third kappa shape index (κ3) is 2.68. The molecule has 2 nitrogen and oxygen atoms in total. The number of para-hydroxylation sites is 1. The number of nitrogens with two attached hydrogens (primary N) is 1. The zero-order valence-corrected chi connectivity index (χ0v) is 10.9. The van der Waals surface area contributed by atoms with E-state index in [2.05, 4.69) is 0 Å². The minimum atomic E-state index is 0.654. The molecule has 0 amide bonds. The van der Waals surface area contributed by atoms with Gasteiger partial charge < -0.3 is 10.5 Å². The maximum atomic E-state index is 6.13. The SMILES string of the molecule is COc1ccccc1Sc1c(N)cccc1Cl. The van der Waals surface area contributed by atoms with Gasteiger partial charge in [0, 0.05) is 5.69 Å². The fourth-order valence-electron chi connectivity index (χ4n) is 1.45. The van der Waals surface area contributed by atoms with Gasteiger partial charge in [0.05, 0.1) is 21.9 Å². The van der Waals surface area contributed by atoms with Crippen LogP contribution in [0, 0.1) is 0 Å². The van der Waals surface area contributed by atoms with E-state index in [0.29, 0.717) is 10.7 Å². The summed E-state index contributed by atoms with van der Waals surface area (Å²) in [5.41, 5.74) is 6.59. The number of methoxy groups -OCH3 is 1. The van der Waals surface area contributed by atoms with Crippen LogP contribution < -0.4 is 10.5 Å². The van der Waals surface area contributed by atoms with Crippen molar-refractivity contribution in [2.24, 2.45) is 0 Å². The minimum Gasteiger partial charge on any atom is -0.496 e. The van der Waals surface area contributed by atoms with Gasteiger partial charge in [-0.25, -0.2) is 0 Å². The van der Waals surface area contributed by atoms with Crippen LogP contribution in [-0.2, 0) is 0 Å². The van der Waals surface area contributed by atoms with Crippen molar-refractivity contribution in [3.8, 4) is 5.75 Å². The van der Waals surface area contributed by atoms with Gasteiger partial charge in [0.15, 0.2) is 0 Å². The summed E-state index contributed by atoms with van der Waals surface area (Å²) in [6.07, 6.45) is 0. The Kier molecular flexibility index (Phi) is 3.82. The van der Waals surface area contributed by atoms with E-state index in [4.69, 9.17) is 22.1 Å². The molecule has 0 unspecified atom stereocenters. The van der Waals surface area contributed by atoms with Crippen LogP contribution in [0.25, 0.3) is 0 Å². The maximum absolute atomic E-state index is 6.13. The molecule has 2 aromatic rings. The lowest BCUT2D eigenvalue weighted by Crippen LogP contribution is -1.90. The number of ether oxygens (including phenoxy) is 1. The zero-order chi connectivity index (χ0) is 12.3. The van der Waals surface area contributed by atoms with E-state index in [1.54, 1.807) is 7.11 Å². The first kappa shape index (κ1) is 12.1. The molecule has 0 bridgehead atoms. The molecule has 0 saturated carbocycles. The molecular weight excluding hydrogens is 254 g/mol. The van der Waals surface area contributed by atoms with Gasteiger partial charge in [0.2, 0.25) is 0 Å². The Morgan fingerprint density at radius 1 is 1.12 bits per heavy atom. The summed E-state index contributed by atoms with van der Waals surface area (Å²) in [4.78, 5) is 1.86. The first-order valence-electron chi connectivity index (χ1n) is 5.07. The number of hydrogen-bond donors (Lipinski definition) is 1. The van der Waals surface area contributed by atoms with E-state index in [1.165, 1.54) is 11.8 Å². The molecule has 17 heavy (non-hydrogen) atoms. The number of nitrogen functional groups attached to an aromatic ring is 1. The van der Waals surface area contributed by atoms with Crippen molar-refractivity contribution in [1.82, 2.24) is 0 Å². The van der Waals surface area contributed by atoms with Crippen molar-refractivity contribution in [2.75, 3.05) is 12.8 Å². The predicted octanol–water partition coefficient (Wildman–Crippen LogP) is 4.08. The average Bonchev–Trinajstić information content (AvgIpc) is 2.34. The van der Waals surface area contributed by atoms with Crippen LogP contribution in [0.2, 0.25) is 5.02 Å². The van der Waals surface area contributed by atoms with Crippen molar-refractivity contribution >= 4 is 29.1 Å². The number of anilines is 1. The van der Waals surface area contributed by atoms with E-state index in [-0.39, 0.29) is 0 Å². The molecule has 2 N–H and O–H groups in total.